The predicted molar refractivity (Wildman–Crippen MR) is 190 cm³/mol. The van der Waals surface area contributed by atoms with Gasteiger partial charge in [-0.25, -0.2) is 4.98 Å². The number of hydrogen-bond donors (Lipinski definition) is 0. The first kappa shape index (κ1) is 25.5. The van der Waals surface area contributed by atoms with Crippen LogP contribution in [-0.4, -0.2) is 9.55 Å². The van der Waals surface area contributed by atoms with E-state index in [1.165, 1.54) is 60.5 Å². The van der Waals surface area contributed by atoms with Gasteiger partial charge >= 0.3 is 0 Å². The summed E-state index contributed by atoms with van der Waals surface area (Å²) in [6.45, 7) is 0. The summed E-state index contributed by atoms with van der Waals surface area (Å²) in [5.41, 5.74) is 11.4. The van der Waals surface area contributed by atoms with Crippen LogP contribution >= 0.6 is 0 Å². The van der Waals surface area contributed by atoms with Gasteiger partial charge in [-0.1, -0.05) is 127 Å². The highest BCUT2D eigenvalue weighted by Crippen LogP contribution is 2.41. The molecule has 2 aromatic heterocycles. The lowest BCUT2D eigenvalue weighted by Gasteiger charge is -2.16. The van der Waals surface area contributed by atoms with E-state index in [9.17, 15) is 0 Å². The van der Waals surface area contributed by atoms with Gasteiger partial charge in [0.25, 0.3) is 0 Å². The van der Waals surface area contributed by atoms with E-state index in [2.05, 4.69) is 174 Å². The first-order valence-corrected chi connectivity index (χ1v) is 15.4. The minimum absolute atomic E-state index is 1.01. The van der Waals surface area contributed by atoms with Crippen molar-refractivity contribution in [2.45, 2.75) is 0 Å². The fraction of sp³-hybridized carbons (Fsp3) is 0. The summed E-state index contributed by atoms with van der Waals surface area (Å²) in [6, 6.07) is 60.8. The maximum atomic E-state index is 5.32. The van der Waals surface area contributed by atoms with Crippen LogP contribution in [0.3, 0.4) is 0 Å². The Hall–Kier alpha value is -5.99. The normalized spacial score (nSPS) is 11.6. The SMILES string of the molecule is c1ccc(-c2ccc(-c3ccc4c(c3)c3ccccc3n4-c3ccccc3)cc2-c2nc3ccccc3c3ccccc23)cc1. The number of hydrogen-bond acceptors (Lipinski definition) is 1. The maximum Gasteiger partial charge on any atom is 0.0794 e. The van der Waals surface area contributed by atoms with E-state index in [-0.39, 0.29) is 0 Å². The van der Waals surface area contributed by atoms with Crippen molar-refractivity contribution in [2.24, 2.45) is 0 Å². The van der Waals surface area contributed by atoms with Crippen molar-refractivity contribution >= 4 is 43.5 Å². The molecule has 0 saturated heterocycles. The molecule has 0 amide bonds. The number of pyridine rings is 1. The third-order valence-electron chi connectivity index (χ3n) is 8.99. The van der Waals surface area contributed by atoms with Crippen LogP contribution in [0.1, 0.15) is 0 Å². The molecule has 0 aliphatic rings. The van der Waals surface area contributed by atoms with Gasteiger partial charge in [0.15, 0.2) is 0 Å². The zero-order valence-corrected chi connectivity index (χ0v) is 24.6. The Bertz CT molecular complexity index is 2530. The van der Waals surface area contributed by atoms with E-state index < -0.39 is 0 Å². The summed E-state index contributed by atoms with van der Waals surface area (Å²) in [4.78, 5) is 5.32. The Morgan fingerprint density at radius 2 is 0.956 bits per heavy atom. The summed E-state index contributed by atoms with van der Waals surface area (Å²) in [7, 11) is 0. The molecular formula is C43H28N2. The molecule has 0 fully saturated rings. The number of nitrogens with zero attached hydrogens (tertiary/aromatic N) is 2. The minimum Gasteiger partial charge on any atom is -0.309 e. The van der Waals surface area contributed by atoms with E-state index in [1.807, 2.05) is 0 Å². The van der Waals surface area contributed by atoms with Gasteiger partial charge in [0, 0.05) is 32.8 Å². The quantitative estimate of drug-likeness (QED) is 0.192. The molecule has 0 N–H and O–H groups in total. The topological polar surface area (TPSA) is 17.8 Å². The summed E-state index contributed by atoms with van der Waals surface area (Å²) in [5.74, 6) is 0. The average molecular weight is 573 g/mol. The first-order valence-electron chi connectivity index (χ1n) is 15.4. The van der Waals surface area contributed by atoms with Crippen LogP contribution in [0.2, 0.25) is 0 Å². The zero-order chi connectivity index (χ0) is 29.7. The summed E-state index contributed by atoms with van der Waals surface area (Å²) >= 11 is 0. The number of benzene rings is 7. The van der Waals surface area contributed by atoms with Crippen LogP contribution in [0.25, 0.3) is 82.7 Å². The molecule has 0 bridgehead atoms. The monoisotopic (exact) mass is 572 g/mol. The third-order valence-corrected chi connectivity index (χ3v) is 8.99. The molecule has 0 saturated carbocycles. The average Bonchev–Trinajstić information content (AvgIpc) is 3.45. The Morgan fingerprint density at radius 3 is 1.78 bits per heavy atom. The molecule has 0 aliphatic carbocycles. The second-order valence-corrected chi connectivity index (χ2v) is 11.6. The standard InChI is InChI=1S/C43H28N2/c1-3-13-29(14-4-1)33-25-23-30(28-39(33)43-37-20-8-7-17-34(37)35-18-9-11-21-40(35)44-43)31-24-26-42-38(27-31)36-19-10-12-22-41(36)45(42)32-15-5-2-6-16-32/h1-28H. The number of fused-ring (bicyclic) bond motifs is 6. The lowest BCUT2D eigenvalue weighted by molar-refractivity contribution is 1.18. The van der Waals surface area contributed by atoms with Crippen LogP contribution in [-0.2, 0) is 0 Å². The zero-order valence-electron chi connectivity index (χ0n) is 24.6. The Kier molecular flexibility index (Phi) is 5.85. The Morgan fingerprint density at radius 1 is 0.356 bits per heavy atom. The molecule has 9 aromatic rings. The number of para-hydroxylation sites is 3. The molecule has 2 nitrogen and oxygen atoms in total. The molecule has 2 heteroatoms. The molecule has 7 aromatic carbocycles. The van der Waals surface area contributed by atoms with Crippen molar-refractivity contribution in [1.82, 2.24) is 9.55 Å². The van der Waals surface area contributed by atoms with E-state index in [0.717, 1.165) is 22.2 Å². The van der Waals surface area contributed by atoms with Gasteiger partial charge in [0.05, 0.1) is 22.2 Å². The van der Waals surface area contributed by atoms with Gasteiger partial charge in [-0.15, -0.1) is 0 Å². The van der Waals surface area contributed by atoms with Crippen LogP contribution < -0.4 is 0 Å². The second kappa shape index (κ2) is 10.3. The first-order chi connectivity index (χ1) is 22.3. The highest BCUT2D eigenvalue weighted by Gasteiger charge is 2.17. The lowest BCUT2D eigenvalue weighted by Crippen LogP contribution is -1.94. The van der Waals surface area contributed by atoms with Crippen LogP contribution in [0.15, 0.2) is 170 Å². The smallest absolute Gasteiger partial charge is 0.0794 e. The van der Waals surface area contributed by atoms with Crippen molar-refractivity contribution in [1.29, 1.82) is 0 Å². The fourth-order valence-corrected chi connectivity index (χ4v) is 6.91. The molecule has 45 heavy (non-hydrogen) atoms. The molecule has 9 rings (SSSR count). The van der Waals surface area contributed by atoms with Crippen molar-refractivity contribution in [3.63, 3.8) is 0 Å². The van der Waals surface area contributed by atoms with Crippen LogP contribution in [0.5, 0.6) is 0 Å². The molecule has 2 heterocycles. The van der Waals surface area contributed by atoms with Crippen molar-refractivity contribution in [3.05, 3.63) is 170 Å². The molecule has 0 radical (unpaired) electrons. The Labute approximate surface area is 261 Å². The summed E-state index contributed by atoms with van der Waals surface area (Å²) in [6.07, 6.45) is 0. The highest BCUT2D eigenvalue weighted by molar-refractivity contribution is 6.13. The van der Waals surface area contributed by atoms with Gasteiger partial charge in [-0.3, -0.25) is 0 Å². The van der Waals surface area contributed by atoms with Crippen LogP contribution in [0, 0.1) is 0 Å². The molecule has 0 atom stereocenters. The molecular weight excluding hydrogens is 544 g/mol. The molecule has 0 unspecified atom stereocenters. The van der Waals surface area contributed by atoms with E-state index >= 15 is 0 Å². The fourth-order valence-electron chi connectivity index (χ4n) is 6.91. The maximum absolute atomic E-state index is 5.32. The summed E-state index contributed by atoms with van der Waals surface area (Å²) < 4.78 is 2.36. The van der Waals surface area contributed by atoms with E-state index in [0.29, 0.717) is 0 Å². The third kappa shape index (κ3) is 4.15. The lowest BCUT2D eigenvalue weighted by atomic mass is 9.90. The van der Waals surface area contributed by atoms with Gasteiger partial charge in [0.1, 0.15) is 0 Å². The predicted octanol–water partition coefficient (Wildman–Crippen LogP) is 11.5. The molecule has 210 valence electrons. The van der Waals surface area contributed by atoms with E-state index in [1.54, 1.807) is 0 Å². The van der Waals surface area contributed by atoms with Gasteiger partial charge < -0.3 is 4.57 Å². The minimum atomic E-state index is 1.01. The molecule has 0 spiro atoms. The van der Waals surface area contributed by atoms with Gasteiger partial charge in [-0.05, 0) is 70.1 Å². The van der Waals surface area contributed by atoms with Crippen LogP contribution in [0.4, 0.5) is 0 Å². The molecule has 0 aliphatic heterocycles. The number of aromatic nitrogens is 2. The van der Waals surface area contributed by atoms with Crippen molar-refractivity contribution in [3.8, 4) is 39.2 Å². The highest BCUT2D eigenvalue weighted by atomic mass is 15.0. The van der Waals surface area contributed by atoms with Gasteiger partial charge in [-0.2, -0.15) is 0 Å². The van der Waals surface area contributed by atoms with E-state index in [4.69, 9.17) is 4.98 Å². The second-order valence-electron chi connectivity index (χ2n) is 11.6. The van der Waals surface area contributed by atoms with Crippen molar-refractivity contribution < 1.29 is 0 Å². The van der Waals surface area contributed by atoms with Crippen molar-refractivity contribution in [2.75, 3.05) is 0 Å². The largest absolute Gasteiger partial charge is 0.309 e. The Balaban J connectivity index is 1.30. The van der Waals surface area contributed by atoms with Gasteiger partial charge in [0.2, 0.25) is 0 Å². The number of rotatable bonds is 4. The summed E-state index contributed by atoms with van der Waals surface area (Å²) in [5, 5.41) is 6.05.